The molecular formula is C29H21NO3. The molecule has 0 aliphatic rings. The van der Waals surface area contributed by atoms with Gasteiger partial charge in [-0.25, -0.2) is 4.79 Å². The van der Waals surface area contributed by atoms with Crippen LogP contribution < -0.4 is 5.63 Å². The Labute approximate surface area is 191 Å². The number of benzene rings is 4. The first-order valence-electron chi connectivity index (χ1n) is 10.7. The molecule has 5 rings (SSSR count). The van der Waals surface area contributed by atoms with Crippen molar-refractivity contribution in [2.24, 2.45) is 4.99 Å². The molecule has 1 N–H and O–H groups in total. The van der Waals surface area contributed by atoms with E-state index in [1.54, 1.807) is 18.3 Å². The molecule has 4 aromatic carbocycles. The third-order valence-corrected chi connectivity index (χ3v) is 5.49. The fourth-order valence-electron chi connectivity index (χ4n) is 3.81. The van der Waals surface area contributed by atoms with Crippen LogP contribution >= 0.6 is 0 Å². The summed E-state index contributed by atoms with van der Waals surface area (Å²) in [5.41, 5.74) is 4.99. The molecule has 1 heterocycles. The van der Waals surface area contributed by atoms with Crippen LogP contribution in [0.25, 0.3) is 22.1 Å². The smallest absolute Gasteiger partial charge is 0.344 e. The van der Waals surface area contributed by atoms with Gasteiger partial charge in [-0.15, -0.1) is 0 Å². The molecule has 0 unspecified atom stereocenters. The highest BCUT2D eigenvalue weighted by molar-refractivity contribution is 5.86. The number of fused-ring (bicyclic) bond motifs is 1. The summed E-state index contributed by atoms with van der Waals surface area (Å²) >= 11 is 0. The van der Waals surface area contributed by atoms with E-state index in [1.165, 1.54) is 5.56 Å². The maximum Gasteiger partial charge on any atom is 0.344 e. The quantitative estimate of drug-likeness (QED) is 0.255. The van der Waals surface area contributed by atoms with Gasteiger partial charge in [-0.1, -0.05) is 66.7 Å². The molecule has 0 radical (unpaired) electrons. The maximum absolute atomic E-state index is 12.5. The molecule has 4 nitrogen and oxygen atoms in total. The SMILES string of the molecule is O=c1oc2ccccc2cc1-c1cccc(N=Cc2cc(Cc3ccccc3)ccc2O)c1. The van der Waals surface area contributed by atoms with E-state index in [2.05, 4.69) is 17.1 Å². The highest BCUT2D eigenvalue weighted by Gasteiger charge is 2.08. The number of hydrogen-bond acceptors (Lipinski definition) is 4. The zero-order valence-corrected chi connectivity index (χ0v) is 17.8. The summed E-state index contributed by atoms with van der Waals surface area (Å²) in [6.07, 6.45) is 2.42. The van der Waals surface area contributed by atoms with E-state index in [-0.39, 0.29) is 11.4 Å². The van der Waals surface area contributed by atoms with Gasteiger partial charge in [0.05, 0.1) is 11.3 Å². The minimum atomic E-state index is -0.388. The number of hydrogen-bond donors (Lipinski definition) is 1. The lowest BCUT2D eigenvalue weighted by molar-refractivity contribution is 0.474. The molecule has 33 heavy (non-hydrogen) atoms. The average Bonchev–Trinajstić information content (AvgIpc) is 2.85. The summed E-state index contributed by atoms with van der Waals surface area (Å²) < 4.78 is 5.47. The Balaban J connectivity index is 1.43. The predicted octanol–water partition coefficient (Wildman–Crippen LogP) is 6.51. The predicted molar refractivity (Wildman–Crippen MR) is 133 cm³/mol. The molecule has 0 bridgehead atoms. The van der Waals surface area contributed by atoms with Crippen molar-refractivity contribution in [3.05, 3.63) is 130 Å². The van der Waals surface area contributed by atoms with Gasteiger partial charge >= 0.3 is 5.63 Å². The van der Waals surface area contributed by atoms with Gasteiger partial charge in [0.1, 0.15) is 11.3 Å². The molecule has 160 valence electrons. The zero-order valence-electron chi connectivity index (χ0n) is 17.8. The maximum atomic E-state index is 12.5. The van der Waals surface area contributed by atoms with E-state index < -0.39 is 0 Å². The second kappa shape index (κ2) is 8.97. The van der Waals surface area contributed by atoms with E-state index in [4.69, 9.17) is 4.42 Å². The topological polar surface area (TPSA) is 62.8 Å². The van der Waals surface area contributed by atoms with Gasteiger partial charge < -0.3 is 9.52 Å². The van der Waals surface area contributed by atoms with Gasteiger partial charge in [-0.2, -0.15) is 0 Å². The summed E-state index contributed by atoms with van der Waals surface area (Å²) in [5.74, 6) is 0.168. The van der Waals surface area contributed by atoms with Crippen LogP contribution in [0.2, 0.25) is 0 Å². The number of rotatable bonds is 5. The van der Waals surface area contributed by atoms with Gasteiger partial charge in [-0.05, 0) is 59.5 Å². The van der Waals surface area contributed by atoms with Crippen molar-refractivity contribution in [2.75, 3.05) is 0 Å². The zero-order chi connectivity index (χ0) is 22.6. The van der Waals surface area contributed by atoms with Crippen LogP contribution in [0.4, 0.5) is 5.69 Å². The van der Waals surface area contributed by atoms with Crippen molar-refractivity contribution in [3.8, 4) is 16.9 Å². The minimum Gasteiger partial charge on any atom is -0.507 e. The lowest BCUT2D eigenvalue weighted by Crippen LogP contribution is -2.02. The van der Waals surface area contributed by atoms with Crippen molar-refractivity contribution in [1.82, 2.24) is 0 Å². The summed E-state index contributed by atoms with van der Waals surface area (Å²) in [7, 11) is 0. The molecule has 0 amide bonds. The average molecular weight is 431 g/mol. The summed E-state index contributed by atoms with van der Waals surface area (Å²) in [5, 5.41) is 11.2. The molecular weight excluding hydrogens is 410 g/mol. The van der Waals surface area contributed by atoms with E-state index in [0.29, 0.717) is 22.4 Å². The van der Waals surface area contributed by atoms with E-state index in [9.17, 15) is 9.90 Å². The molecule has 0 saturated heterocycles. The Hall–Kier alpha value is -4.44. The molecule has 4 heteroatoms. The Kier molecular flexibility index (Phi) is 5.56. The lowest BCUT2D eigenvalue weighted by atomic mass is 10.0. The first-order valence-corrected chi connectivity index (χ1v) is 10.7. The molecule has 0 aliphatic heterocycles. The fourth-order valence-corrected chi connectivity index (χ4v) is 3.81. The highest BCUT2D eigenvalue weighted by Crippen LogP contribution is 2.25. The highest BCUT2D eigenvalue weighted by atomic mass is 16.4. The lowest BCUT2D eigenvalue weighted by Gasteiger charge is -2.06. The summed E-state index contributed by atoms with van der Waals surface area (Å²) in [6, 6.07) is 32.4. The van der Waals surface area contributed by atoms with Crippen molar-refractivity contribution in [3.63, 3.8) is 0 Å². The third-order valence-electron chi connectivity index (χ3n) is 5.49. The molecule has 0 aliphatic carbocycles. The van der Waals surface area contributed by atoms with Gasteiger partial charge in [0.25, 0.3) is 0 Å². The van der Waals surface area contributed by atoms with Gasteiger partial charge in [0.15, 0.2) is 0 Å². The monoisotopic (exact) mass is 431 g/mol. The van der Waals surface area contributed by atoms with Crippen molar-refractivity contribution in [1.29, 1.82) is 0 Å². The van der Waals surface area contributed by atoms with Crippen LogP contribution in [-0.2, 0) is 6.42 Å². The Morgan fingerprint density at radius 1 is 0.788 bits per heavy atom. The normalized spacial score (nSPS) is 11.3. The van der Waals surface area contributed by atoms with Crippen LogP contribution in [0.1, 0.15) is 16.7 Å². The molecule has 5 aromatic rings. The summed E-state index contributed by atoms with van der Waals surface area (Å²) in [6.45, 7) is 0. The van der Waals surface area contributed by atoms with E-state index >= 15 is 0 Å². The first-order chi connectivity index (χ1) is 16.2. The van der Waals surface area contributed by atoms with Crippen LogP contribution in [-0.4, -0.2) is 11.3 Å². The number of phenolic OH excluding ortho intramolecular Hbond substituents is 1. The number of nitrogens with zero attached hydrogens (tertiary/aromatic N) is 1. The third kappa shape index (κ3) is 4.60. The van der Waals surface area contributed by atoms with Crippen molar-refractivity contribution >= 4 is 22.9 Å². The number of phenols is 1. The molecule has 0 saturated carbocycles. The largest absolute Gasteiger partial charge is 0.507 e. The van der Waals surface area contributed by atoms with Crippen LogP contribution in [0.3, 0.4) is 0 Å². The van der Waals surface area contributed by atoms with E-state index in [1.807, 2.05) is 78.9 Å². The Morgan fingerprint density at radius 2 is 1.61 bits per heavy atom. The van der Waals surface area contributed by atoms with Crippen molar-refractivity contribution in [2.45, 2.75) is 6.42 Å². The Morgan fingerprint density at radius 3 is 2.48 bits per heavy atom. The minimum absolute atomic E-state index is 0.168. The summed E-state index contributed by atoms with van der Waals surface area (Å²) in [4.78, 5) is 17.1. The van der Waals surface area contributed by atoms with Crippen LogP contribution in [0.5, 0.6) is 5.75 Å². The number of aliphatic imine (C=N–C) groups is 1. The molecule has 0 atom stereocenters. The first kappa shape index (κ1) is 20.5. The second-order valence-electron chi connectivity index (χ2n) is 7.85. The van der Waals surface area contributed by atoms with Crippen LogP contribution in [0.15, 0.2) is 117 Å². The fraction of sp³-hybridized carbons (Fsp3) is 0.0345. The van der Waals surface area contributed by atoms with Gasteiger partial charge in [0.2, 0.25) is 0 Å². The van der Waals surface area contributed by atoms with Gasteiger partial charge in [0, 0.05) is 17.2 Å². The standard InChI is InChI=1S/C29H21NO3/c31-27-14-13-21(15-20-7-2-1-3-8-20)16-24(27)19-30-25-11-6-10-22(17-25)26-18-23-9-4-5-12-28(23)33-29(26)32/h1-14,16-19,31H,15H2. The van der Waals surface area contributed by atoms with Crippen LogP contribution in [0, 0.1) is 0 Å². The number of para-hydroxylation sites is 1. The molecule has 0 spiro atoms. The second-order valence-corrected chi connectivity index (χ2v) is 7.85. The Bertz CT molecular complexity index is 1520. The number of aromatic hydroxyl groups is 1. The van der Waals surface area contributed by atoms with E-state index in [0.717, 1.165) is 22.9 Å². The van der Waals surface area contributed by atoms with Gasteiger partial charge in [-0.3, -0.25) is 4.99 Å². The molecule has 1 aromatic heterocycles. The van der Waals surface area contributed by atoms with Crippen molar-refractivity contribution < 1.29 is 9.52 Å². The molecule has 0 fully saturated rings.